The zero-order valence-corrected chi connectivity index (χ0v) is 17.5. The molecule has 0 bridgehead atoms. The van der Waals surface area contributed by atoms with Gasteiger partial charge in [-0.3, -0.25) is 9.80 Å². The number of unbranched alkanes of at least 4 members (excludes halogenated alkanes) is 2. The van der Waals surface area contributed by atoms with Crippen molar-refractivity contribution in [3.8, 4) is 0 Å². The summed E-state index contributed by atoms with van der Waals surface area (Å²) in [6.07, 6.45) is 4.93. The fourth-order valence-electron chi connectivity index (χ4n) is 3.35. The van der Waals surface area contributed by atoms with Crippen molar-refractivity contribution in [2.45, 2.75) is 58.9 Å². The Labute approximate surface area is 172 Å². The van der Waals surface area contributed by atoms with E-state index in [0.29, 0.717) is 12.4 Å². The highest BCUT2D eigenvalue weighted by Crippen LogP contribution is 2.21. The van der Waals surface area contributed by atoms with Crippen LogP contribution in [0.3, 0.4) is 0 Å². The minimum Gasteiger partial charge on any atom is -0.381 e. The van der Waals surface area contributed by atoms with Crippen molar-refractivity contribution >= 4 is 23.4 Å². The van der Waals surface area contributed by atoms with Gasteiger partial charge >= 0.3 is 0 Å². The maximum Gasteiger partial charge on any atom is 0.281 e. The number of guanidine groups is 1. The standard InChI is InChI=1S/C21H30N6O2/c1-4-12-29-13-8-6-7-11-27-18-19(25-26-27)23-21(24-20(18)28)22-17-10-9-15(3)16(5-2)14-17/h9-10,14,18H,4-8,11-13H2,1-3H3,(H,22,24,28). The molecule has 0 aliphatic carbocycles. The molecule has 0 saturated heterocycles. The van der Waals surface area contributed by atoms with E-state index >= 15 is 0 Å². The van der Waals surface area contributed by atoms with Crippen molar-refractivity contribution in [3.05, 3.63) is 29.3 Å². The number of amidine groups is 1. The van der Waals surface area contributed by atoms with Crippen molar-refractivity contribution in [1.29, 1.82) is 0 Å². The molecule has 2 aliphatic heterocycles. The van der Waals surface area contributed by atoms with Gasteiger partial charge in [0.25, 0.3) is 5.91 Å². The Morgan fingerprint density at radius 2 is 2.00 bits per heavy atom. The fraction of sp³-hybridized carbons (Fsp3) is 0.571. The average Bonchev–Trinajstić information content (AvgIpc) is 3.12. The Bertz CT molecular complexity index is 817. The maximum absolute atomic E-state index is 12.6. The lowest BCUT2D eigenvalue weighted by molar-refractivity contribution is -0.120. The van der Waals surface area contributed by atoms with Gasteiger partial charge in [-0.25, -0.2) is 0 Å². The second-order valence-electron chi connectivity index (χ2n) is 7.29. The van der Waals surface area contributed by atoms with Crippen molar-refractivity contribution in [2.24, 2.45) is 20.3 Å². The highest BCUT2D eigenvalue weighted by atomic mass is 16.5. The lowest BCUT2D eigenvalue weighted by Crippen LogP contribution is -2.42. The van der Waals surface area contributed by atoms with E-state index in [0.717, 1.165) is 51.0 Å². The summed E-state index contributed by atoms with van der Waals surface area (Å²) in [4.78, 5) is 21.1. The van der Waals surface area contributed by atoms with E-state index in [1.54, 1.807) is 5.01 Å². The number of amides is 1. The Balaban J connectivity index is 1.53. The summed E-state index contributed by atoms with van der Waals surface area (Å²) in [5.74, 6) is 0.388. The van der Waals surface area contributed by atoms with Gasteiger partial charge in [-0.2, -0.15) is 9.98 Å². The number of hydrogen-bond acceptors (Lipinski definition) is 7. The molecule has 1 aromatic rings. The van der Waals surface area contributed by atoms with Crippen molar-refractivity contribution < 1.29 is 9.53 Å². The number of ether oxygens (including phenoxy) is 1. The number of hydrogen-bond donors (Lipinski definition) is 1. The molecule has 1 unspecified atom stereocenters. The highest BCUT2D eigenvalue weighted by Gasteiger charge is 2.38. The van der Waals surface area contributed by atoms with Gasteiger partial charge in [-0.15, -0.1) is 5.11 Å². The van der Waals surface area contributed by atoms with Crippen LogP contribution in [0.5, 0.6) is 0 Å². The monoisotopic (exact) mass is 398 g/mol. The van der Waals surface area contributed by atoms with E-state index in [1.165, 1.54) is 11.1 Å². The quantitative estimate of drug-likeness (QED) is 0.605. The molecular formula is C21H30N6O2. The number of nitrogens with one attached hydrogen (secondary N) is 1. The van der Waals surface area contributed by atoms with E-state index in [9.17, 15) is 4.79 Å². The Hall–Kier alpha value is -2.61. The van der Waals surface area contributed by atoms with Gasteiger partial charge in [-0.05, 0) is 62.3 Å². The molecule has 156 valence electrons. The number of rotatable bonds is 10. The van der Waals surface area contributed by atoms with Gasteiger partial charge in [0.2, 0.25) is 5.96 Å². The number of carbonyl (C=O) groups excluding carboxylic acids is 1. The predicted octanol–water partition coefficient (Wildman–Crippen LogP) is 3.91. The van der Waals surface area contributed by atoms with Crippen molar-refractivity contribution in [2.75, 3.05) is 25.1 Å². The minimum absolute atomic E-state index is 0.265. The fourth-order valence-corrected chi connectivity index (χ4v) is 3.35. The Morgan fingerprint density at radius 3 is 2.79 bits per heavy atom. The number of nitrogens with zero attached hydrogens (tertiary/aromatic N) is 5. The molecule has 0 saturated carbocycles. The van der Waals surface area contributed by atoms with Crippen molar-refractivity contribution in [1.82, 2.24) is 5.01 Å². The maximum atomic E-state index is 12.6. The first-order valence-electron chi connectivity index (χ1n) is 10.5. The molecule has 0 aromatic heterocycles. The van der Waals surface area contributed by atoms with Crippen LogP contribution in [0.15, 0.2) is 38.5 Å². The van der Waals surface area contributed by atoms with Crippen LogP contribution in [0.4, 0.5) is 5.69 Å². The average molecular weight is 399 g/mol. The second-order valence-corrected chi connectivity index (χ2v) is 7.29. The molecule has 0 radical (unpaired) electrons. The molecule has 1 atom stereocenters. The largest absolute Gasteiger partial charge is 0.381 e. The van der Waals surface area contributed by atoms with Gasteiger partial charge in [0, 0.05) is 25.4 Å². The van der Waals surface area contributed by atoms with Gasteiger partial charge in [0.15, 0.2) is 11.9 Å². The molecule has 3 rings (SSSR count). The van der Waals surface area contributed by atoms with E-state index in [4.69, 9.17) is 4.74 Å². The molecule has 0 spiro atoms. The van der Waals surface area contributed by atoms with Crippen LogP contribution in [0.1, 0.15) is 50.7 Å². The molecule has 8 heteroatoms. The summed E-state index contributed by atoms with van der Waals surface area (Å²) in [6, 6.07) is 5.47. The van der Waals surface area contributed by atoms with E-state index < -0.39 is 6.04 Å². The molecule has 8 nitrogen and oxygen atoms in total. The zero-order valence-electron chi connectivity index (χ0n) is 17.5. The molecule has 0 fully saturated rings. The van der Waals surface area contributed by atoms with Gasteiger partial charge in [0.05, 0.1) is 0 Å². The van der Waals surface area contributed by atoms with Crippen LogP contribution >= 0.6 is 0 Å². The predicted molar refractivity (Wildman–Crippen MR) is 114 cm³/mol. The second kappa shape index (κ2) is 10.2. The topological polar surface area (TPSA) is 91.0 Å². The SMILES string of the molecule is CCCOCCCCCN1N=NC2=NC(Nc3ccc(C)c(CC)c3)=NC(=O)C21. The normalized spacial score (nSPS) is 18.0. The molecule has 2 heterocycles. The Kier molecular flexibility index (Phi) is 7.46. The van der Waals surface area contributed by atoms with Crippen molar-refractivity contribution in [3.63, 3.8) is 0 Å². The van der Waals surface area contributed by atoms with E-state index in [1.807, 2.05) is 12.1 Å². The number of anilines is 1. The Morgan fingerprint density at radius 1 is 1.14 bits per heavy atom. The van der Waals surface area contributed by atoms with E-state index in [2.05, 4.69) is 52.5 Å². The first kappa shape index (κ1) is 21.1. The first-order chi connectivity index (χ1) is 14.1. The lowest BCUT2D eigenvalue weighted by Gasteiger charge is -2.21. The number of benzene rings is 1. The summed E-state index contributed by atoms with van der Waals surface area (Å²) in [5.41, 5.74) is 3.34. The van der Waals surface area contributed by atoms with Gasteiger partial charge < -0.3 is 10.1 Å². The third-order valence-electron chi connectivity index (χ3n) is 4.99. The van der Waals surface area contributed by atoms with Gasteiger partial charge in [-0.1, -0.05) is 25.1 Å². The highest BCUT2D eigenvalue weighted by molar-refractivity contribution is 6.20. The van der Waals surface area contributed by atoms with E-state index in [-0.39, 0.29) is 11.9 Å². The van der Waals surface area contributed by atoms with Crippen LogP contribution in [0.2, 0.25) is 0 Å². The molecule has 2 aliphatic rings. The third-order valence-corrected chi connectivity index (χ3v) is 4.99. The van der Waals surface area contributed by atoms with Crippen LogP contribution in [0.25, 0.3) is 0 Å². The number of fused-ring (bicyclic) bond motifs is 1. The number of carbonyl (C=O) groups is 1. The lowest BCUT2D eigenvalue weighted by atomic mass is 10.1. The molecule has 29 heavy (non-hydrogen) atoms. The summed E-state index contributed by atoms with van der Waals surface area (Å²) in [7, 11) is 0. The molecule has 1 N–H and O–H groups in total. The summed E-state index contributed by atoms with van der Waals surface area (Å²) < 4.78 is 5.49. The molecular weight excluding hydrogens is 368 g/mol. The summed E-state index contributed by atoms with van der Waals surface area (Å²) in [5, 5.41) is 13.1. The van der Waals surface area contributed by atoms with Crippen LogP contribution in [-0.4, -0.2) is 48.5 Å². The van der Waals surface area contributed by atoms with Gasteiger partial charge in [0.1, 0.15) is 0 Å². The third kappa shape index (κ3) is 5.47. The first-order valence-corrected chi connectivity index (χ1v) is 10.5. The number of aliphatic imine (C=N–C) groups is 2. The van der Waals surface area contributed by atoms with Crippen LogP contribution < -0.4 is 5.32 Å². The molecule has 1 amide bonds. The smallest absolute Gasteiger partial charge is 0.281 e. The minimum atomic E-state index is -0.596. The molecule has 1 aromatic carbocycles. The van der Waals surface area contributed by atoms with Crippen LogP contribution in [-0.2, 0) is 16.0 Å². The zero-order chi connectivity index (χ0) is 20.6. The summed E-state index contributed by atoms with van der Waals surface area (Å²) in [6.45, 7) is 8.55. The van der Waals surface area contributed by atoms with Crippen LogP contribution in [0, 0.1) is 6.92 Å². The number of aryl methyl sites for hydroxylation is 2. The summed E-state index contributed by atoms with van der Waals surface area (Å²) >= 11 is 0.